The molecule has 0 radical (unpaired) electrons. The molecule has 0 spiro atoms. The predicted octanol–water partition coefficient (Wildman–Crippen LogP) is 3.78. The van der Waals surface area contributed by atoms with E-state index in [1.54, 1.807) is 0 Å². The Balaban J connectivity index is 1.33. The largest absolute Gasteiger partial charge is 0.508 e. The molecule has 2 fully saturated rings. The van der Waals surface area contributed by atoms with Crippen LogP contribution in [0.5, 0.6) is 5.75 Å². The van der Waals surface area contributed by atoms with E-state index in [9.17, 15) is 9.50 Å². The SMILES string of the molecule is CC(c1cc2ccccn2c1CN1C[C@H]2CN(C)C[C@H]2C1)n1nc(-c2cc(O)cc(F)c2)c2c(N)ncnc21. The van der Waals surface area contributed by atoms with Crippen molar-refractivity contribution < 1.29 is 9.50 Å². The highest BCUT2D eigenvalue weighted by atomic mass is 19.1. The van der Waals surface area contributed by atoms with Gasteiger partial charge in [0.25, 0.3) is 0 Å². The van der Waals surface area contributed by atoms with E-state index >= 15 is 0 Å². The Hall–Kier alpha value is -4.02. The average molecular weight is 527 g/mol. The first-order valence-electron chi connectivity index (χ1n) is 13.3. The lowest BCUT2D eigenvalue weighted by Crippen LogP contribution is -2.27. The van der Waals surface area contributed by atoms with Gasteiger partial charge < -0.3 is 20.1 Å². The van der Waals surface area contributed by atoms with Gasteiger partial charge in [0.05, 0.1) is 11.4 Å². The van der Waals surface area contributed by atoms with Crippen LogP contribution in [-0.4, -0.2) is 72.3 Å². The molecule has 3 atom stereocenters. The highest BCUT2D eigenvalue weighted by molar-refractivity contribution is 5.98. The number of phenols is 1. The van der Waals surface area contributed by atoms with Gasteiger partial charge in [0.1, 0.15) is 29.4 Å². The Morgan fingerprint density at radius 1 is 1.08 bits per heavy atom. The number of likely N-dealkylation sites (tertiary alicyclic amines) is 2. The summed E-state index contributed by atoms with van der Waals surface area (Å²) in [6, 6.07) is 12.1. The zero-order valence-corrected chi connectivity index (χ0v) is 22.0. The van der Waals surface area contributed by atoms with E-state index in [0.717, 1.165) is 61.7 Å². The van der Waals surface area contributed by atoms with Crippen molar-refractivity contribution in [3.05, 3.63) is 72.1 Å². The van der Waals surface area contributed by atoms with Crippen molar-refractivity contribution in [3.63, 3.8) is 0 Å². The van der Waals surface area contributed by atoms with Crippen molar-refractivity contribution in [1.82, 2.24) is 33.9 Å². The number of phenolic OH excluding ortho intramolecular Hbond substituents is 1. The van der Waals surface area contributed by atoms with E-state index in [0.29, 0.717) is 22.3 Å². The summed E-state index contributed by atoms with van der Waals surface area (Å²) < 4.78 is 18.4. The van der Waals surface area contributed by atoms with Gasteiger partial charge in [0, 0.05) is 61.8 Å². The molecule has 6 heterocycles. The van der Waals surface area contributed by atoms with Gasteiger partial charge in [-0.1, -0.05) is 6.07 Å². The van der Waals surface area contributed by atoms with Crippen LogP contribution in [-0.2, 0) is 6.54 Å². The fraction of sp³-hybridized carbons (Fsp3) is 0.345. The number of fused-ring (bicyclic) bond motifs is 3. The molecule has 2 aliphatic rings. The third kappa shape index (κ3) is 4.02. The number of aromatic hydroxyl groups is 1. The number of anilines is 1. The first-order chi connectivity index (χ1) is 18.9. The zero-order chi connectivity index (χ0) is 26.8. The molecule has 4 aromatic heterocycles. The van der Waals surface area contributed by atoms with Gasteiger partial charge in [-0.15, -0.1) is 0 Å². The average Bonchev–Trinajstić information content (AvgIpc) is 3.64. The lowest BCUT2D eigenvalue weighted by molar-refractivity contribution is 0.268. The smallest absolute Gasteiger partial charge is 0.164 e. The number of halogens is 1. The van der Waals surface area contributed by atoms with Crippen LogP contribution < -0.4 is 5.73 Å². The van der Waals surface area contributed by atoms with Crippen LogP contribution in [0.4, 0.5) is 10.2 Å². The topological polar surface area (TPSA) is 101 Å². The molecular formula is C29H31FN8O. The molecule has 200 valence electrons. The number of nitrogen functional groups attached to an aromatic ring is 1. The number of hydrogen-bond donors (Lipinski definition) is 2. The molecule has 0 bridgehead atoms. The molecule has 2 saturated heterocycles. The normalized spacial score (nSPS) is 20.8. The first kappa shape index (κ1) is 24.1. The second-order valence-electron chi connectivity index (χ2n) is 11.1. The number of hydrogen-bond acceptors (Lipinski definition) is 7. The maximum absolute atomic E-state index is 14.2. The minimum atomic E-state index is -0.557. The molecular weight excluding hydrogens is 495 g/mol. The van der Waals surface area contributed by atoms with Crippen LogP contribution in [0.1, 0.15) is 24.2 Å². The number of nitrogens with zero attached hydrogens (tertiary/aromatic N) is 7. The van der Waals surface area contributed by atoms with Crippen molar-refractivity contribution in [1.29, 1.82) is 0 Å². The Bertz CT molecular complexity index is 1680. The lowest BCUT2D eigenvalue weighted by Gasteiger charge is -2.21. The van der Waals surface area contributed by atoms with Gasteiger partial charge in [-0.2, -0.15) is 5.10 Å². The summed E-state index contributed by atoms with van der Waals surface area (Å²) in [5.74, 6) is 0.967. The maximum Gasteiger partial charge on any atom is 0.164 e. The molecule has 0 amide bonds. The van der Waals surface area contributed by atoms with Crippen LogP contribution in [0.25, 0.3) is 27.8 Å². The van der Waals surface area contributed by atoms with E-state index in [2.05, 4.69) is 68.6 Å². The predicted molar refractivity (Wildman–Crippen MR) is 148 cm³/mol. The second-order valence-corrected chi connectivity index (χ2v) is 11.1. The summed E-state index contributed by atoms with van der Waals surface area (Å²) in [7, 11) is 2.22. The fourth-order valence-corrected chi connectivity index (χ4v) is 6.71. The molecule has 10 heteroatoms. The van der Waals surface area contributed by atoms with Gasteiger partial charge in [0.2, 0.25) is 0 Å². The van der Waals surface area contributed by atoms with Crippen LogP contribution in [0.3, 0.4) is 0 Å². The summed E-state index contributed by atoms with van der Waals surface area (Å²) in [6.07, 6.45) is 3.54. The van der Waals surface area contributed by atoms with Gasteiger partial charge >= 0.3 is 0 Å². The molecule has 3 N–H and O–H groups in total. The Morgan fingerprint density at radius 2 is 1.87 bits per heavy atom. The summed E-state index contributed by atoms with van der Waals surface area (Å²) >= 11 is 0. The van der Waals surface area contributed by atoms with Gasteiger partial charge in [-0.3, -0.25) is 4.90 Å². The van der Waals surface area contributed by atoms with Crippen molar-refractivity contribution in [3.8, 4) is 17.0 Å². The van der Waals surface area contributed by atoms with Crippen molar-refractivity contribution >= 4 is 22.4 Å². The molecule has 0 aliphatic carbocycles. The standard InChI is InChI=1S/C29H31FN8O/c1-17(38-29-26(28(31)32-16-33-29)27(34-38)18-7-21(30)9-23(39)8-18)24-10-22-5-3-4-6-37(22)25(24)15-36-13-19-11-35(2)12-20(19)14-36/h3-10,16-17,19-20,39H,11-15H2,1-2H3,(H2,31,32,33)/t17?,19-,20+. The van der Waals surface area contributed by atoms with Crippen LogP contribution in [0.15, 0.2) is 55.0 Å². The van der Waals surface area contributed by atoms with E-state index in [1.165, 1.54) is 24.2 Å². The summed E-state index contributed by atoms with van der Waals surface area (Å²) in [5.41, 5.74) is 11.2. The van der Waals surface area contributed by atoms with E-state index in [1.807, 2.05) is 4.68 Å². The van der Waals surface area contributed by atoms with Crippen molar-refractivity contribution in [2.75, 3.05) is 39.0 Å². The molecule has 5 aromatic rings. The summed E-state index contributed by atoms with van der Waals surface area (Å²) in [4.78, 5) is 13.7. The Kier molecular flexibility index (Phi) is 5.57. The van der Waals surface area contributed by atoms with E-state index < -0.39 is 5.82 Å². The number of benzene rings is 1. The summed E-state index contributed by atoms with van der Waals surface area (Å²) in [5, 5.41) is 15.5. The minimum absolute atomic E-state index is 0.182. The lowest BCUT2D eigenvalue weighted by atomic mass is 10.0. The minimum Gasteiger partial charge on any atom is -0.508 e. The third-order valence-electron chi connectivity index (χ3n) is 8.43. The number of rotatable bonds is 5. The number of nitrogens with two attached hydrogens (primary N) is 1. The fourth-order valence-electron chi connectivity index (χ4n) is 6.71. The second kappa shape index (κ2) is 9.03. The summed E-state index contributed by atoms with van der Waals surface area (Å²) in [6.45, 7) is 7.48. The van der Waals surface area contributed by atoms with Crippen LogP contribution >= 0.6 is 0 Å². The zero-order valence-electron chi connectivity index (χ0n) is 22.0. The molecule has 0 saturated carbocycles. The maximum atomic E-state index is 14.2. The molecule has 1 aromatic carbocycles. The van der Waals surface area contributed by atoms with Crippen molar-refractivity contribution in [2.45, 2.75) is 19.5 Å². The van der Waals surface area contributed by atoms with Gasteiger partial charge in [0.15, 0.2) is 5.65 Å². The Labute approximate surface area is 225 Å². The highest BCUT2D eigenvalue weighted by Gasteiger charge is 2.39. The Morgan fingerprint density at radius 3 is 2.64 bits per heavy atom. The van der Waals surface area contributed by atoms with E-state index in [-0.39, 0.29) is 17.6 Å². The monoisotopic (exact) mass is 526 g/mol. The molecule has 9 nitrogen and oxygen atoms in total. The first-order valence-corrected chi connectivity index (χ1v) is 13.3. The molecule has 7 rings (SSSR count). The van der Waals surface area contributed by atoms with Crippen LogP contribution in [0.2, 0.25) is 0 Å². The highest BCUT2D eigenvalue weighted by Crippen LogP contribution is 2.37. The quantitative estimate of drug-likeness (QED) is 0.360. The number of pyridine rings is 1. The van der Waals surface area contributed by atoms with Gasteiger partial charge in [-0.05, 0) is 61.7 Å². The van der Waals surface area contributed by atoms with E-state index in [4.69, 9.17) is 10.8 Å². The molecule has 39 heavy (non-hydrogen) atoms. The molecule has 2 aliphatic heterocycles. The number of aromatic nitrogens is 5. The van der Waals surface area contributed by atoms with Crippen molar-refractivity contribution in [2.24, 2.45) is 11.8 Å². The third-order valence-corrected chi connectivity index (χ3v) is 8.43. The van der Waals surface area contributed by atoms with Crippen LogP contribution in [0, 0.1) is 17.7 Å². The molecule has 1 unspecified atom stereocenters. The van der Waals surface area contributed by atoms with Gasteiger partial charge in [-0.25, -0.2) is 19.0 Å².